The van der Waals surface area contributed by atoms with E-state index in [4.69, 9.17) is 5.73 Å². The van der Waals surface area contributed by atoms with Gasteiger partial charge in [-0.3, -0.25) is 4.79 Å². The van der Waals surface area contributed by atoms with Gasteiger partial charge in [0.2, 0.25) is 5.91 Å². The van der Waals surface area contributed by atoms with Crippen molar-refractivity contribution in [3.05, 3.63) is 29.8 Å². The van der Waals surface area contributed by atoms with Crippen LogP contribution in [0.3, 0.4) is 0 Å². The Bertz CT molecular complexity index is 456. The van der Waals surface area contributed by atoms with Gasteiger partial charge in [0.25, 0.3) is 0 Å². The Kier molecular flexibility index (Phi) is 5.11. The van der Waals surface area contributed by atoms with Gasteiger partial charge in [0.05, 0.1) is 0 Å². The molecular weight excluding hydrogens is 268 g/mol. The Morgan fingerprint density at radius 1 is 1.40 bits per heavy atom. The van der Waals surface area contributed by atoms with Crippen LogP contribution < -0.4 is 11.1 Å². The number of amides is 1. The van der Waals surface area contributed by atoms with Gasteiger partial charge in [0.1, 0.15) is 5.54 Å². The molecular formula is C16H24N2OS. The Morgan fingerprint density at radius 2 is 2.05 bits per heavy atom. The highest BCUT2D eigenvalue weighted by atomic mass is 32.2. The molecule has 3 nitrogen and oxygen atoms in total. The zero-order valence-electron chi connectivity index (χ0n) is 12.3. The summed E-state index contributed by atoms with van der Waals surface area (Å²) in [7, 11) is 0. The molecule has 1 fully saturated rings. The number of thioether (sulfide) groups is 1. The number of primary amides is 1. The molecule has 1 atom stereocenters. The number of hydrogen-bond acceptors (Lipinski definition) is 3. The van der Waals surface area contributed by atoms with Crippen LogP contribution in [0.15, 0.2) is 29.2 Å². The molecule has 0 spiro atoms. The third-order valence-corrected chi connectivity index (χ3v) is 5.10. The van der Waals surface area contributed by atoms with E-state index in [1.54, 1.807) is 11.8 Å². The van der Waals surface area contributed by atoms with Crippen LogP contribution in [-0.4, -0.2) is 23.7 Å². The van der Waals surface area contributed by atoms with Crippen LogP contribution in [0.5, 0.6) is 0 Å². The third kappa shape index (κ3) is 3.55. The lowest BCUT2D eigenvalue weighted by Gasteiger charge is -2.31. The highest BCUT2D eigenvalue weighted by Gasteiger charge is 2.49. The molecule has 0 heterocycles. The lowest BCUT2D eigenvalue weighted by atomic mass is 9.94. The topological polar surface area (TPSA) is 55.1 Å². The van der Waals surface area contributed by atoms with Crippen molar-refractivity contribution in [3.63, 3.8) is 0 Å². The first kappa shape index (κ1) is 15.4. The van der Waals surface area contributed by atoms with Crippen molar-refractivity contribution < 1.29 is 4.79 Å². The van der Waals surface area contributed by atoms with Gasteiger partial charge >= 0.3 is 0 Å². The van der Waals surface area contributed by atoms with Crippen molar-refractivity contribution in [1.82, 2.24) is 5.32 Å². The molecule has 1 saturated carbocycles. The van der Waals surface area contributed by atoms with E-state index < -0.39 is 5.54 Å². The summed E-state index contributed by atoms with van der Waals surface area (Å²) in [6.07, 6.45) is 3.22. The summed E-state index contributed by atoms with van der Waals surface area (Å²) in [6, 6.07) is 8.42. The predicted octanol–water partition coefficient (Wildman–Crippen LogP) is 2.72. The van der Waals surface area contributed by atoms with Crippen molar-refractivity contribution in [1.29, 1.82) is 0 Å². The van der Waals surface area contributed by atoms with E-state index in [9.17, 15) is 4.79 Å². The summed E-state index contributed by atoms with van der Waals surface area (Å²) in [5.41, 5.74) is 6.44. The fraction of sp³-hybridized carbons (Fsp3) is 0.562. The van der Waals surface area contributed by atoms with Crippen LogP contribution in [0.25, 0.3) is 0 Å². The Morgan fingerprint density at radius 3 is 2.55 bits per heavy atom. The normalized spacial score (nSPS) is 17.7. The molecule has 3 N–H and O–H groups in total. The first-order valence-corrected chi connectivity index (χ1v) is 8.31. The van der Waals surface area contributed by atoms with Crippen LogP contribution in [0.2, 0.25) is 0 Å². The largest absolute Gasteiger partial charge is 0.368 e. The monoisotopic (exact) mass is 292 g/mol. The van der Waals surface area contributed by atoms with E-state index in [1.807, 2.05) is 0 Å². The fourth-order valence-corrected chi connectivity index (χ4v) is 3.63. The van der Waals surface area contributed by atoms with E-state index in [0.717, 1.165) is 31.6 Å². The Hall–Kier alpha value is -1.00. The highest BCUT2D eigenvalue weighted by molar-refractivity contribution is 7.99. The van der Waals surface area contributed by atoms with Gasteiger partial charge in [-0.25, -0.2) is 0 Å². The van der Waals surface area contributed by atoms with Gasteiger partial charge in [-0.15, -0.1) is 11.8 Å². The molecule has 1 aromatic rings. The van der Waals surface area contributed by atoms with Crippen LogP contribution in [0.4, 0.5) is 0 Å². The van der Waals surface area contributed by atoms with Crippen LogP contribution in [-0.2, 0) is 4.79 Å². The van der Waals surface area contributed by atoms with Crippen molar-refractivity contribution in [2.75, 3.05) is 12.3 Å². The fourth-order valence-electron chi connectivity index (χ4n) is 2.43. The van der Waals surface area contributed by atoms with Crippen LogP contribution >= 0.6 is 11.8 Å². The molecule has 20 heavy (non-hydrogen) atoms. The first-order chi connectivity index (χ1) is 9.58. The van der Waals surface area contributed by atoms with E-state index in [0.29, 0.717) is 5.92 Å². The molecule has 2 rings (SSSR count). The number of benzene rings is 1. The second-order valence-electron chi connectivity index (χ2n) is 5.64. The number of hydrogen-bond donors (Lipinski definition) is 2. The molecule has 1 aliphatic rings. The van der Waals surface area contributed by atoms with E-state index >= 15 is 0 Å². The quantitative estimate of drug-likeness (QED) is 0.724. The number of carbonyl (C=O) groups is 1. The number of carbonyl (C=O) groups excluding carboxylic acids is 1. The second kappa shape index (κ2) is 6.64. The number of nitrogens with two attached hydrogens (primary N) is 1. The maximum atomic E-state index is 12.0. The Balaban J connectivity index is 2.06. The van der Waals surface area contributed by atoms with Gasteiger partial charge in [-0.1, -0.05) is 24.6 Å². The lowest BCUT2D eigenvalue weighted by Crippen LogP contribution is -2.59. The molecule has 1 aliphatic carbocycles. The minimum atomic E-state index is -0.536. The highest BCUT2D eigenvalue weighted by Crippen LogP contribution is 2.42. The van der Waals surface area contributed by atoms with Crippen LogP contribution in [0.1, 0.15) is 31.7 Å². The number of rotatable bonds is 8. The molecule has 0 aliphatic heterocycles. The molecule has 1 unspecified atom stereocenters. The molecule has 1 amide bonds. The minimum absolute atomic E-state index is 0.201. The zero-order chi connectivity index (χ0) is 14.6. The third-order valence-electron chi connectivity index (χ3n) is 3.89. The molecule has 4 heteroatoms. The molecule has 0 saturated heterocycles. The number of aryl methyl sites for hydroxylation is 1. The van der Waals surface area contributed by atoms with E-state index in [-0.39, 0.29) is 5.91 Å². The summed E-state index contributed by atoms with van der Waals surface area (Å²) >= 11 is 1.72. The summed E-state index contributed by atoms with van der Waals surface area (Å²) in [5, 5.41) is 3.43. The SMILES string of the molecule is CCCNC(CSc1ccc(C)cc1)(C(N)=O)C1CC1. The van der Waals surface area contributed by atoms with E-state index in [1.165, 1.54) is 10.5 Å². The van der Waals surface area contributed by atoms with Crippen molar-refractivity contribution in [2.45, 2.75) is 43.5 Å². The summed E-state index contributed by atoms with van der Waals surface area (Å²) in [5.74, 6) is 0.924. The predicted molar refractivity (Wildman–Crippen MR) is 84.8 cm³/mol. The summed E-state index contributed by atoms with van der Waals surface area (Å²) in [6.45, 7) is 5.03. The van der Waals surface area contributed by atoms with Crippen molar-refractivity contribution in [3.8, 4) is 0 Å². The van der Waals surface area contributed by atoms with Gasteiger partial charge in [-0.05, 0) is 50.8 Å². The smallest absolute Gasteiger partial charge is 0.238 e. The summed E-state index contributed by atoms with van der Waals surface area (Å²) < 4.78 is 0. The molecule has 0 bridgehead atoms. The van der Waals surface area contributed by atoms with Crippen molar-refractivity contribution >= 4 is 17.7 Å². The van der Waals surface area contributed by atoms with Crippen LogP contribution in [0, 0.1) is 12.8 Å². The average Bonchev–Trinajstić information content (AvgIpc) is 3.26. The maximum absolute atomic E-state index is 12.0. The second-order valence-corrected chi connectivity index (χ2v) is 6.69. The molecule has 0 radical (unpaired) electrons. The van der Waals surface area contributed by atoms with Gasteiger partial charge < -0.3 is 11.1 Å². The van der Waals surface area contributed by atoms with E-state index in [2.05, 4.69) is 43.4 Å². The van der Waals surface area contributed by atoms with Gasteiger partial charge in [-0.2, -0.15) is 0 Å². The Labute approximate surface area is 125 Å². The molecule has 1 aromatic carbocycles. The maximum Gasteiger partial charge on any atom is 0.238 e. The van der Waals surface area contributed by atoms with Gasteiger partial charge in [0, 0.05) is 10.6 Å². The number of nitrogens with one attached hydrogen (secondary N) is 1. The first-order valence-electron chi connectivity index (χ1n) is 7.33. The molecule has 0 aromatic heterocycles. The standard InChI is InChI=1S/C16H24N2OS/c1-3-10-18-16(15(17)19,13-6-7-13)11-20-14-8-4-12(2)5-9-14/h4-5,8-9,13,18H,3,6-7,10-11H2,1-2H3,(H2,17,19). The van der Waals surface area contributed by atoms with Gasteiger partial charge in [0.15, 0.2) is 0 Å². The van der Waals surface area contributed by atoms with Crippen molar-refractivity contribution in [2.24, 2.45) is 11.7 Å². The minimum Gasteiger partial charge on any atom is -0.368 e. The average molecular weight is 292 g/mol. The lowest BCUT2D eigenvalue weighted by molar-refractivity contribution is -0.124. The summed E-state index contributed by atoms with van der Waals surface area (Å²) in [4.78, 5) is 13.2. The molecule has 110 valence electrons. The zero-order valence-corrected chi connectivity index (χ0v) is 13.1.